The summed E-state index contributed by atoms with van der Waals surface area (Å²) in [6.07, 6.45) is 4.79. The van der Waals surface area contributed by atoms with Crippen LogP contribution in [0.3, 0.4) is 0 Å². The molecule has 3 heteroatoms. The molecule has 1 amide bonds. The molecule has 118 valence electrons. The van der Waals surface area contributed by atoms with Gasteiger partial charge in [0.25, 0.3) is 0 Å². The van der Waals surface area contributed by atoms with Crippen LogP contribution in [0.15, 0.2) is 54.7 Å². The first-order valence-corrected chi connectivity index (χ1v) is 8.16. The van der Waals surface area contributed by atoms with Crippen molar-refractivity contribution >= 4 is 17.3 Å². The molecule has 0 bridgehead atoms. The Kier molecular flexibility index (Phi) is 4.77. The Labute approximate surface area is 136 Å². The average molecular weight is 306 g/mol. The molecule has 2 N–H and O–H groups in total. The molecular weight excluding hydrogens is 284 g/mol. The smallest absolute Gasteiger partial charge is 0.207 e. The molecule has 0 spiro atoms. The lowest BCUT2D eigenvalue weighted by Crippen LogP contribution is -2.16. The van der Waals surface area contributed by atoms with Crippen molar-refractivity contribution in [2.45, 2.75) is 25.7 Å². The number of para-hydroxylation sites is 1. The van der Waals surface area contributed by atoms with Gasteiger partial charge >= 0.3 is 0 Å². The number of aromatic amines is 1. The van der Waals surface area contributed by atoms with Crippen LogP contribution < -0.4 is 5.32 Å². The molecule has 3 rings (SSSR count). The van der Waals surface area contributed by atoms with Crippen molar-refractivity contribution < 1.29 is 4.79 Å². The number of nitrogens with one attached hydrogen (secondary N) is 2. The number of aromatic nitrogens is 1. The third-order valence-electron chi connectivity index (χ3n) is 4.45. The van der Waals surface area contributed by atoms with Crippen LogP contribution in [0.1, 0.15) is 36.0 Å². The molecule has 0 aliphatic heterocycles. The minimum Gasteiger partial charge on any atom is -0.361 e. The van der Waals surface area contributed by atoms with Gasteiger partial charge in [-0.2, -0.15) is 0 Å². The standard InChI is InChI=1S/C20H22N2O/c1-2-15-9-6-10-18-19(13-22-20(15)18)17(11-12-21-14-23)16-7-4-3-5-8-16/h3-10,13-14,17,22H,2,11-12H2,1H3,(H,21,23). The number of benzene rings is 2. The molecule has 0 saturated heterocycles. The maximum atomic E-state index is 10.6. The summed E-state index contributed by atoms with van der Waals surface area (Å²) in [5, 5.41) is 4.07. The number of aryl methyl sites for hydroxylation is 1. The van der Waals surface area contributed by atoms with Crippen molar-refractivity contribution in [1.82, 2.24) is 10.3 Å². The Balaban J connectivity index is 2.04. The molecule has 23 heavy (non-hydrogen) atoms. The van der Waals surface area contributed by atoms with Crippen molar-refractivity contribution in [3.05, 3.63) is 71.4 Å². The van der Waals surface area contributed by atoms with E-state index in [0.717, 1.165) is 19.3 Å². The van der Waals surface area contributed by atoms with Crippen molar-refractivity contribution in [1.29, 1.82) is 0 Å². The van der Waals surface area contributed by atoms with Crippen LogP contribution in [0.25, 0.3) is 10.9 Å². The van der Waals surface area contributed by atoms with E-state index in [2.05, 4.69) is 65.9 Å². The number of hydrogen-bond acceptors (Lipinski definition) is 1. The van der Waals surface area contributed by atoms with E-state index >= 15 is 0 Å². The van der Waals surface area contributed by atoms with Crippen LogP contribution in [0.2, 0.25) is 0 Å². The van der Waals surface area contributed by atoms with Crippen molar-refractivity contribution in [3.8, 4) is 0 Å². The number of carbonyl (C=O) groups is 1. The number of rotatable bonds is 7. The fourth-order valence-electron chi connectivity index (χ4n) is 3.30. The number of H-pyrrole nitrogens is 1. The molecule has 3 aromatic rings. The summed E-state index contributed by atoms with van der Waals surface area (Å²) in [5.41, 5.74) is 5.15. The lowest BCUT2D eigenvalue weighted by molar-refractivity contribution is -0.109. The zero-order valence-corrected chi connectivity index (χ0v) is 13.4. The summed E-state index contributed by atoms with van der Waals surface area (Å²) in [4.78, 5) is 14.0. The molecule has 1 aromatic heterocycles. The van der Waals surface area contributed by atoms with Gasteiger partial charge in [-0.25, -0.2) is 0 Å². The van der Waals surface area contributed by atoms with E-state index in [0.29, 0.717) is 6.54 Å². The summed E-state index contributed by atoms with van der Waals surface area (Å²) in [6.45, 7) is 2.85. The number of hydrogen-bond donors (Lipinski definition) is 2. The third kappa shape index (κ3) is 3.14. The van der Waals surface area contributed by atoms with Crippen LogP contribution in [0.4, 0.5) is 0 Å². The predicted octanol–water partition coefficient (Wildman–Crippen LogP) is 4.00. The number of carbonyl (C=O) groups excluding carboxylic acids is 1. The van der Waals surface area contributed by atoms with Gasteiger partial charge in [0, 0.05) is 29.6 Å². The van der Waals surface area contributed by atoms with Gasteiger partial charge in [0.1, 0.15) is 0 Å². The van der Waals surface area contributed by atoms with Gasteiger partial charge < -0.3 is 10.3 Å². The minimum absolute atomic E-state index is 0.268. The van der Waals surface area contributed by atoms with Crippen LogP contribution in [-0.4, -0.2) is 17.9 Å². The number of fused-ring (bicyclic) bond motifs is 1. The largest absolute Gasteiger partial charge is 0.361 e. The Morgan fingerprint density at radius 1 is 1.13 bits per heavy atom. The quantitative estimate of drug-likeness (QED) is 0.503. The van der Waals surface area contributed by atoms with Crippen LogP contribution in [-0.2, 0) is 11.2 Å². The van der Waals surface area contributed by atoms with Gasteiger partial charge in [-0.15, -0.1) is 0 Å². The second-order valence-electron chi connectivity index (χ2n) is 5.76. The highest BCUT2D eigenvalue weighted by Crippen LogP contribution is 2.34. The molecule has 1 heterocycles. The molecule has 3 nitrogen and oxygen atoms in total. The average Bonchev–Trinajstić information content (AvgIpc) is 3.03. The highest BCUT2D eigenvalue weighted by Gasteiger charge is 2.18. The van der Waals surface area contributed by atoms with Crippen molar-refractivity contribution in [2.24, 2.45) is 0 Å². The molecule has 0 radical (unpaired) electrons. The van der Waals surface area contributed by atoms with Crippen LogP contribution in [0.5, 0.6) is 0 Å². The SMILES string of the molecule is CCc1cccc2c(C(CCNC=O)c3ccccc3)c[nH]c12. The molecule has 0 aliphatic carbocycles. The van der Waals surface area contributed by atoms with Gasteiger partial charge in [0.05, 0.1) is 0 Å². The lowest BCUT2D eigenvalue weighted by Gasteiger charge is -2.17. The van der Waals surface area contributed by atoms with Gasteiger partial charge in [-0.05, 0) is 29.5 Å². The zero-order chi connectivity index (χ0) is 16.1. The molecule has 2 aromatic carbocycles. The zero-order valence-electron chi connectivity index (χ0n) is 13.4. The monoisotopic (exact) mass is 306 g/mol. The fourth-order valence-corrected chi connectivity index (χ4v) is 3.30. The summed E-state index contributed by atoms with van der Waals surface area (Å²) in [5.74, 6) is 0.268. The Morgan fingerprint density at radius 2 is 1.96 bits per heavy atom. The maximum absolute atomic E-state index is 10.6. The van der Waals surface area contributed by atoms with E-state index in [-0.39, 0.29) is 5.92 Å². The van der Waals surface area contributed by atoms with Crippen LogP contribution in [0, 0.1) is 0 Å². The van der Waals surface area contributed by atoms with E-state index in [1.54, 1.807) is 0 Å². The molecule has 1 unspecified atom stereocenters. The van der Waals surface area contributed by atoms with E-state index < -0.39 is 0 Å². The number of amides is 1. The fraction of sp³-hybridized carbons (Fsp3) is 0.250. The minimum atomic E-state index is 0.268. The highest BCUT2D eigenvalue weighted by molar-refractivity contribution is 5.87. The van der Waals surface area contributed by atoms with Gasteiger partial charge in [-0.3, -0.25) is 4.79 Å². The Hall–Kier alpha value is -2.55. The first kappa shape index (κ1) is 15.3. The Morgan fingerprint density at radius 3 is 2.70 bits per heavy atom. The normalized spacial score (nSPS) is 12.2. The maximum Gasteiger partial charge on any atom is 0.207 e. The van der Waals surface area contributed by atoms with Gasteiger partial charge in [-0.1, -0.05) is 55.5 Å². The van der Waals surface area contributed by atoms with Crippen molar-refractivity contribution in [2.75, 3.05) is 6.54 Å². The summed E-state index contributed by atoms with van der Waals surface area (Å²) in [6, 6.07) is 17.0. The topological polar surface area (TPSA) is 44.9 Å². The molecular formula is C20H22N2O. The highest BCUT2D eigenvalue weighted by atomic mass is 16.1. The molecule has 0 fully saturated rings. The van der Waals surface area contributed by atoms with E-state index in [1.807, 2.05) is 6.07 Å². The first-order chi connectivity index (χ1) is 11.3. The predicted molar refractivity (Wildman–Crippen MR) is 94.6 cm³/mol. The summed E-state index contributed by atoms with van der Waals surface area (Å²) >= 11 is 0. The molecule has 0 aliphatic rings. The van der Waals surface area contributed by atoms with Gasteiger partial charge in [0.2, 0.25) is 6.41 Å². The summed E-state index contributed by atoms with van der Waals surface area (Å²) in [7, 11) is 0. The first-order valence-electron chi connectivity index (χ1n) is 8.16. The Bertz CT molecular complexity index is 777. The van der Waals surface area contributed by atoms with E-state index in [4.69, 9.17) is 0 Å². The van der Waals surface area contributed by atoms with Crippen molar-refractivity contribution in [3.63, 3.8) is 0 Å². The second-order valence-corrected chi connectivity index (χ2v) is 5.76. The summed E-state index contributed by atoms with van der Waals surface area (Å²) < 4.78 is 0. The molecule has 1 atom stereocenters. The molecule has 0 saturated carbocycles. The van der Waals surface area contributed by atoms with Crippen LogP contribution >= 0.6 is 0 Å². The van der Waals surface area contributed by atoms with Gasteiger partial charge in [0.15, 0.2) is 0 Å². The lowest BCUT2D eigenvalue weighted by atomic mass is 9.88. The van der Waals surface area contributed by atoms with E-state index in [1.165, 1.54) is 27.6 Å². The third-order valence-corrected chi connectivity index (χ3v) is 4.45. The van der Waals surface area contributed by atoms with E-state index in [9.17, 15) is 4.79 Å². The second kappa shape index (κ2) is 7.14.